The van der Waals surface area contributed by atoms with Crippen LogP contribution in [0.25, 0.3) is 0 Å². The van der Waals surface area contributed by atoms with Crippen molar-refractivity contribution in [1.82, 2.24) is 15.2 Å². The van der Waals surface area contributed by atoms with Crippen molar-refractivity contribution in [1.29, 1.82) is 0 Å². The lowest BCUT2D eigenvalue weighted by atomic mass is 9.96. The molecule has 2 fully saturated rings. The van der Waals surface area contributed by atoms with Gasteiger partial charge in [-0.05, 0) is 60.7 Å². The highest BCUT2D eigenvalue weighted by Gasteiger charge is 2.40. The van der Waals surface area contributed by atoms with Gasteiger partial charge < -0.3 is 5.32 Å². The Balaban J connectivity index is 1.73. The number of hydrogen-bond acceptors (Lipinski definition) is 3. The monoisotopic (exact) mass is 323 g/mol. The van der Waals surface area contributed by atoms with E-state index in [4.69, 9.17) is 0 Å². The minimum Gasteiger partial charge on any atom is -0.309 e. The summed E-state index contributed by atoms with van der Waals surface area (Å²) < 4.78 is 1.05. The molecule has 2 heterocycles. The van der Waals surface area contributed by atoms with Crippen LogP contribution >= 0.6 is 15.9 Å². The van der Waals surface area contributed by atoms with Crippen molar-refractivity contribution in [3.63, 3.8) is 0 Å². The van der Waals surface area contributed by atoms with E-state index in [0.717, 1.165) is 30.0 Å². The van der Waals surface area contributed by atoms with E-state index in [1.165, 1.54) is 18.5 Å². The molecule has 1 aromatic rings. The third-order valence-electron chi connectivity index (χ3n) is 4.18. The Kier molecular flexibility index (Phi) is 3.67. The molecule has 4 heteroatoms. The molecule has 3 rings (SSSR count). The Bertz CT molecular complexity index is 439. The fourth-order valence-electron chi connectivity index (χ4n) is 3.02. The van der Waals surface area contributed by atoms with Crippen LogP contribution in [0.5, 0.6) is 0 Å². The van der Waals surface area contributed by atoms with E-state index in [0.29, 0.717) is 6.04 Å². The molecule has 1 saturated heterocycles. The predicted molar refractivity (Wildman–Crippen MR) is 80.9 cm³/mol. The second-order valence-electron chi connectivity index (χ2n) is 6.54. The molecule has 1 N–H and O–H groups in total. The normalized spacial score (nSPS) is 27.4. The summed E-state index contributed by atoms with van der Waals surface area (Å²) in [5.41, 5.74) is 1.38. The Labute approximate surface area is 123 Å². The van der Waals surface area contributed by atoms with Gasteiger partial charge in [0.15, 0.2) is 0 Å². The second-order valence-corrected chi connectivity index (χ2v) is 7.46. The summed E-state index contributed by atoms with van der Waals surface area (Å²) in [5.74, 6) is 0.902. The van der Waals surface area contributed by atoms with Gasteiger partial charge in [-0.15, -0.1) is 0 Å². The molecule has 0 amide bonds. The first-order valence-electron chi connectivity index (χ1n) is 7.13. The molecular formula is C15H22BrN3. The van der Waals surface area contributed by atoms with E-state index >= 15 is 0 Å². The Morgan fingerprint density at radius 1 is 1.42 bits per heavy atom. The molecule has 19 heavy (non-hydrogen) atoms. The van der Waals surface area contributed by atoms with E-state index < -0.39 is 0 Å². The van der Waals surface area contributed by atoms with Gasteiger partial charge >= 0.3 is 0 Å². The molecule has 1 aliphatic heterocycles. The van der Waals surface area contributed by atoms with Crippen molar-refractivity contribution in [2.75, 3.05) is 13.1 Å². The van der Waals surface area contributed by atoms with Crippen molar-refractivity contribution in [2.45, 2.75) is 44.8 Å². The van der Waals surface area contributed by atoms with Gasteiger partial charge in [-0.2, -0.15) is 0 Å². The average molecular weight is 324 g/mol. The van der Waals surface area contributed by atoms with Gasteiger partial charge in [0.1, 0.15) is 0 Å². The molecule has 0 aromatic carbocycles. The van der Waals surface area contributed by atoms with E-state index in [1.54, 1.807) is 0 Å². The highest BCUT2D eigenvalue weighted by atomic mass is 79.9. The average Bonchev–Trinajstić information content (AvgIpc) is 3.15. The molecule has 1 aliphatic carbocycles. The summed E-state index contributed by atoms with van der Waals surface area (Å²) in [5, 5.41) is 3.69. The molecule has 1 saturated carbocycles. The lowest BCUT2D eigenvalue weighted by molar-refractivity contribution is 0.0748. The van der Waals surface area contributed by atoms with Gasteiger partial charge in [0.25, 0.3) is 0 Å². The fourth-order valence-corrected chi connectivity index (χ4v) is 3.25. The highest BCUT2D eigenvalue weighted by Crippen LogP contribution is 2.37. The van der Waals surface area contributed by atoms with E-state index in [2.05, 4.69) is 57.1 Å². The first kappa shape index (κ1) is 13.5. The van der Waals surface area contributed by atoms with Crippen LogP contribution in [-0.2, 0) is 6.54 Å². The molecule has 0 spiro atoms. The van der Waals surface area contributed by atoms with Crippen LogP contribution in [0.2, 0.25) is 0 Å². The van der Waals surface area contributed by atoms with E-state index in [-0.39, 0.29) is 5.54 Å². The third kappa shape index (κ3) is 3.36. The first-order valence-corrected chi connectivity index (χ1v) is 7.92. The quantitative estimate of drug-likeness (QED) is 0.927. The zero-order valence-electron chi connectivity index (χ0n) is 11.7. The van der Waals surface area contributed by atoms with Gasteiger partial charge in [0.2, 0.25) is 0 Å². The fraction of sp³-hybridized carbons (Fsp3) is 0.667. The summed E-state index contributed by atoms with van der Waals surface area (Å²) >= 11 is 3.45. The topological polar surface area (TPSA) is 28.2 Å². The summed E-state index contributed by atoms with van der Waals surface area (Å²) in [6.45, 7) is 7.77. The number of aromatic nitrogens is 1. The number of halogens is 1. The lowest BCUT2D eigenvalue weighted by Gasteiger charge is -2.44. The SMILES string of the molecule is CC1(C)CN(Cc2ccc(Br)cn2)C(C2CC2)CN1. The van der Waals surface area contributed by atoms with Crippen LogP contribution in [0, 0.1) is 5.92 Å². The molecule has 104 valence electrons. The van der Waals surface area contributed by atoms with Gasteiger partial charge in [-0.3, -0.25) is 9.88 Å². The zero-order chi connectivity index (χ0) is 13.5. The smallest absolute Gasteiger partial charge is 0.0544 e. The van der Waals surface area contributed by atoms with Crippen LogP contribution in [0.15, 0.2) is 22.8 Å². The van der Waals surface area contributed by atoms with Crippen LogP contribution in [0.1, 0.15) is 32.4 Å². The standard InChI is InChI=1S/C15H22BrN3/c1-15(2)10-19(14(8-18-15)11-3-4-11)9-13-6-5-12(16)7-17-13/h5-7,11,14,18H,3-4,8-10H2,1-2H3. The maximum Gasteiger partial charge on any atom is 0.0544 e. The largest absolute Gasteiger partial charge is 0.309 e. The molecule has 1 aromatic heterocycles. The van der Waals surface area contributed by atoms with Crippen LogP contribution in [0.3, 0.4) is 0 Å². The summed E-state index contributed by atoms with van der Waals surface area (Å²) in [6, 6.07) is 4.91. The van der Waals surface area contributed by atoms with Gasteiger partial charge in [-0.1, -0.05) is 0 Å². The Hall–Kier alpha value is -0.450. The Morgan fingerprint density at radius 3 is 2.84 bits per heavy atom. The molecule has 2 aliphatic rings. The first-order chi connectivity index (χ1) is 9.03. The van der Waals surface area contributed by atoms with Gasteiger partial charge in [0.05, 0.1) is 5.69 Å². The summed E-state index contributed by atoms with van der Waals surface area (Å²) in [4.78, 5) is 7.15. The summed E-state index contributed by atoms with van der Waals surface area (Å²) in [7, 11) is 0. The number of rotatable bonds is 3. The Morgan fingerprint density at radius 2 is 2.21 bits per heavy atom. The maximum absolute atomic E-state index is 4.53. The van der Waals surface area contributed by atoms with Crippen LogP contribution in [0.4, 0.5) is 0 Å². The zero-order valence-corrected chi connectivity index (χ0v) is 13.3. The van der Waals surface area contributed by atoms with E-state index in [9.17, 15) is 0 Å². The second kappa shape index (κ2) is 5.15. The lowest BCUT2D eigenvalue weighted by Crippen LogP contribution is -2.61. The van der Waals surface area contributed by atoms with Gasteiger partial charge in [0, 0.05) is 41.9 Å². The number of pyridine rings is 1. The molecular weight excluding hydrogens is 302 g/mol. The highest BCUT2D eigenvalue weighted by molar-refractivity contribution is 9.10. The van der Waals surface area contributed by atoms with Crippen LogP contribution < -0.4 is 5.32 Å². The number of piperazine rings is 1. The number of nitrogens with one attached hydrogen (secondary N) is 1. The minimum absolute atomic E-state index is 0.209. The predicted octanol–water partition coefficient (Wildman–Crippen LogP) is 2.81. The summed E-state index contributed by atoms with van der Waals surface area (Å²) in [6.07, 6.45) is 4.70. The molecule has 3 nitrogen and oxygen atoms in total. The minimum atomic E-state index is 0.209. The van der Waals surface area contributed by atoms with Crippen molar-refractivity contribution >= 4 is 15.9 Å². The van der Waals surface area contributed by atoms with Gasteiger partial charge in [-0.25, -0.2) is 0 Å². The third-order valence-corrected chi connectivity index (χ3v) is 4.65. The maximum atomic E-state index is 4.53. The van der Waals surface area contributed by atoms with Crippen molar-refractivity contribution in [3.05, 3.63) is 28.5 Å². The molecule has 0 bridgehead atoms. The molecule has 1 atom stereocenters. The van der Waals surface area contributed by atoms with Crippen molar-refractivity contribution < 1.29 is 0 Å². The molecule has 1 unspecified atom stereocenters. The van der Waals surface area contributed by atoms with Crippen molar-refractivity contribution in [3.8, 4) is 0 Å². The number of nitrogens with zero attached hydrogens (tertiary/aromatic N) is 2. The molecule has 0 radical (unpaired) electrons. The van der Waals surface area contributed by atoms with Crippen molar-refractivity contribution in [2.24, 2.45) is 5.92 Å². The van der Waals surface area contributed by atoms with E-state index in [1.807, 2.05) is 6.20 Å². The number of hydrogen-bond donors (Lipinski definition) is 1. The van der Waals surface area contributed by atoms with Crippen LogP contribution in [-0.4, -0.2) is 34.6 Å².